The van der Waals surface area contributed by atoms with Crippen molar-refractivity contribution >= 4 is 5.97 Å². The van der Waals surface area contributed by atoms with E-state index in [1.54, 1.807) is 0 Å². The summed E-state index contributed by atoms with van der Waals surface area (Å²) in [5.74, 6) is 1.71. The molecule has 0 radical (unpaired) electrons. The van der Waals surface area contributed by atoms with Gasteiger partial charge in [0.25, 0.3) is 0 Å². The second-order valence-electron chi connectivity index (χ2n) is 9.95. The van der Waals surface area contributed by atoms with Crippen molar-refractivity contribution in [2.24, 2.45) is 28.6 Å². The highest BCUT2D eigenvalue weighted by molar-refractivity contribution is 5.66. The largest absolute Gasteiger partial charge is 0.458 e. The Kier molecular flexibility index (Phi) is 4.10. The molecule has 3 aliphatic carbocycles. The highest BCUT2D eigenvalue weighted by Crippen LogP contribution is 2.61. The third-order valence-electron chi connectivity index (χ3n) is 8.27. The summed E-state index contributed by atoms with van der Waals surface area (Å²) in [6.45, 7) is 12.0. The van der Waals surface area contributed by atoms with Gasteiger partial charge in [0, 0.05) is 6.92 Å². The average molecular weight is 347 g/mol. The lowest BCUT2D eigenvalue weighted by Gasteiger charge is -2.55. The van der Waals surface area contributed by atoms with Gasteiger partial charge in [0.1, 0.15) is 6.10 Å². The Morgan fingerprint density at radius 2 is 2.00 bits per heavy atom. The maximum Gasteiger partial charge on any atom is 0.303 e. The Hall–Kier alpha value is -0.830. The fourth-order valence-corrected chi connectivity index (χ4v) is 6.97. The number of carbonyl (C=O) groups excluding carboxylic acids is 1. The molecule has 1 saturated heterocycles. The van der Waals surface area contributed by atoms with Crippen molar-refractivity contribution in [1.29, 1.82) is 0 Å². The summed E-state index contributed by atoms with van der Waals surface area (Å²) in [4.78, 5) is 11.7. The molecule has 3 fully saturated rings. The van der Waals surface area contributed by atoms with Gasteiger partial charge < -0.3 is 9.47 Å². The number of rotatable bonds is 1. The molecule has 25 heavy (non-hydrogen) atoms. The lowest BCUT2D eigenvalue weighted by atomic mass is 9.51. The van der Waals surface area contributed by atoms with Crippen molar-refractivity contribution in [3.8, 4) is 0 Å². The van der Waals surface area contributed by atoms with E-state index in [0.717, 1.165) is 25.4 Å². The number of carbonyl (C=O) groups is 1. The Labute approximate surface area is 152 Å². The summed E-state index contributed by atoms with van der Waals surface area (Å²) in [5.41, 5.74) is 3.40. The molecule has 4 rings (SSSR count). The smallest absolute Gasteiger partial charge is 0.303 e. The standard InChI is InChI=1S/C22H34O3/c1-13-16-8-10-22(5)9-6-7-15-12-24-20(19(15)22)17(21(16,3)4)11-18(13)25-14(2)23/h15,17-20H,6-12H2,1-5H3/t15-,17?,18-,19-,20+,22-/m0/s1. The minimum Gasteiger partial charge on any atom is -0.458 e. The van der Waals surface area contributed by atoms with Gasteiger partial charge in [-0.05, 0) is 73.2 Å². The quantitative estimate of drug-likeness (QED) is 0.500. The topological polar surface area (TPSA) is 35.5 Å². The van der Waals surface area contributed by atoms with Crippen LogP contribution >= 0.6 is 0 Å². The van der Waals surface area contributed by atoms with E-state index in [9.17, 15) is 4.79 Å². The summed E-state index contributed by atoms with van der Waals surface area (Å²) < 4.78 is 12.3. The maximum atomic E-state index is 11.7. The third-order valence-corrected chi connectivity index (χ3v) is 8.27. The van der Waals surface area contributed by atoms with Crippen LogP contribution in [0.4, 0.5) is 0 Å². The van der Waals surface area contributed by atoms with Crippen LogP contribution < -0.4 is 0 Å². The molecule has 140 valence electrons. The number of hydrogen-bond donors (Lipinski definition) is 0. The molecule has 0 aromatic heterocycles. The first-order chi connectivity index (χ1) is 11.7. The minimum atomic E-state index is -0.160. The van der Waals surface area contributed by atoms with E-state index in [1.807, 2.05) is 0 Å². The molecule has 1 heterocycles. The molecule has 6 atom stereocenters. The molecule has 2 bridgehead atoms. The molecule has 1 unspecified atom stereocenters. The van der Waals surface area contributed by atoms with Crippen LogP contribution in [-0.2, 0) is 14.3 Å². The maximum absolute atomic E-state index is 11.7. The number of ether oxygens (including phenoxy) is 2. The molecule has 3 heteroatoms. The van der Waals surface area contributed by atoms with Crippen LogP contribution in [0.15, 0.2) is 11.1 Å². The molecule has 4 aliphatic rings. The van der Waals surface area contributed by atoms with Crippen LogP contribution in [0, 0.1) is 28.6 Å². The Morgan fingerprint density at radius 1 is 1.24 bits per heavy atom. The van der Waals surface area contributed by atoms with Gasteiger partial charge in [-0.3, -0.25) is 4.79 Å². The highest BCUT2D eigenvalue weighted by atomic mass is 16.5. The molecular weight excluding hydrogens is 312 g/mol. The zero-order valence-corrected chi connectivity index (χ0v) is 16.6. The second kappa shape index (κ2) is 5.84. The molecule has 0 N–H and O–H groups in total. The van der Waals surface area contributed by atoms with Crippen molar-refractivity contribution in [2.45, 2.75) is 85.4 Å². The fourth-order valence-electron chi connectivity index (χ4n) is 6.97. The van der Waals surface area contributed by atoms with Crippen LogP contribution in [0.5, 0.6) is 0 Å². The van der Waals surface area contributed by atoms with Crippen molar-refractivity contribution in [1.82, 2.24) is 0 Å². The van der Waals surface area contributed by atoms with E-state index in [0.29, 0.717) is 23.4 Å². The van der Waals surface area contributed by atoms with Crippen LogP contribution in [0.3, 0.4) is 0 Å². The van der Waals surface area contributed by atoms with Crippen LogP contribution in [0.1, 0.15) is 73.1 Å². The van der Waals surface area contributed by atoms with Crippen molar-refractivity contribution in [2.75, 3.05) is 6.61 Å². The molecule has 0 spiro atoms. The van der Waals surface area contributed by atoms with Crippen LogP contribution in [0.2, 0.25) is 0 Å². The number of hydrogen-bond acceptors (Lipinski definition) is 3. The van der Waals surface area contributed by atoms with Gasteiger partial charge in [0.05, 0.1) is 12.7 Å². The Bertz CT molecular complexity index is 604. The zero-order chi connectivity index (χ0) is 18.0. The molecule has 3 nitrogen and oxygen atoms in total. The predicted molar refractivity (Wildman–Crippen MR) is 98.1 cm³/mol. The van der Waals surface area contributed by atoms with Gasteiger partial charge in [-0.1, -0.05) is 32.8 Å². The summed E-state index contributed by atoms with van der Waals surface area (Å²) in [6.07, 6.45) is 7.64. The lowest BCUT2D eigenvalue weighted by molar-refractivity contribution is -0.148. The summed E-state index contributed by atoms with van der Waals surface area (Å²) in [6, 6.07) is 0. The van der Waals surface area contributed by atoms with Crippen molar-refractivity contribution in [3.05, 3.63) is 11.1 Å². The number of allylic oxidation sites excluding steroid dienone is 1. The first-order valence-corrected chi connectivity index (χ1v) is 10.2. The summed E-state index contributed by atoms with van der Waals surface area (Å²) in [7, 11) is 0. The first kappa shape index (κ1) is 17.6. The van der Waals surface area contributed by atoms with Crippen LogP contribution in [-0.4, -0.2) is 24.8 Å². The average Bonchev–Trinajstić information content (AvgIpc) is 2.94. The molecule has 1 aliphatic heterocycles. The van der Waals surface area contributed by atoms with E-state index in [1.165, 1.54) is 43.8 Å². The molecule has 2 saturated carbocycles. The SMILES string of the molecule is CC(=O)O[C@H]1CC2[C@H]3OC[C@@H]4CCC[C@@](C)(CCC(=C1C)C2(C)C)[C@@H]43. The molecule has 0 aromatic carbocycles. The van der Waals surface area contributed by atoms with Gasteiger partial charge in [-0.15, -0.1) is 0 Å². The Balaban J connectivity index is 1.78. The van der Waals surface area contributed by atoms with Gasteiger partial charge in [0.2, 0.25) is 0 Å². The van der Waals surface area contributed by atoms with Crippen molar-refractivity contribution < 1.29 is 14.3 Å². The normalized spacial score (nSPS) is 45.4. The van der Waals surface area contributed by atoms with E-state index in [-0.39, 0.29) is 17.5 Å². The number of esters is 1. The molecule has 0 amide bonds. The van der Waals surface area contributed by atoms with Gasteiger partial charge in [-0.25, -0.2) is 0 Å². The van der Waals surface area contributed by atoms with Gasteiger partial charge in [0.15, 0.2) is 0 Å². The zero-order valence-electron chi connectivity index (χ0n) is 16.6. The third kappa shape index (κ3) is 2.60. The fraction of sp³-hybridized carbons (Fsp3) is 0.864. The highest BCUT2D eigenvalue weighted by Gasteiger charge is 2.58. The Morgan fingerprint density at radius 3 is 2.72 bits per heavy atom. The summed E-state index contributed by atoms with van der Waals surface area (Å²) >= 11 is 0. The van der Waals surface area contributed by atoms with E-state index in [2.05, 4.69) is 27.7 Å². The lowest BCUT2D eigenvalue weighted by Crippen LogP contribution is -2.52. The van der Waals surface area contributed by atoms with Gasteiger partial charge in [-0.2, -0.15) is 0 Å². The van der Waals surface area contributed by atoms with Crippen LogP contribution in [0.25, 0.3) is 0 Å². The molecular formula is C22H34O3. The monoisotopic (exact) mass is 346 g/mol. The number of fused-ring (bicyclic) bond motifs is 3. The van der Waals surface area contributed by atoms with E-state index < -0.39 is 0 Å². The minimum absolute atomic E-state index is 0.0545. The first-order valence-electron chi connectivity index (χ1n) is 10.2. The van der Waals surface area contributed by atoms with Gasteiger partial charge >= 0.3 is 5.97 Å². The second-order valence-corrected chi connectivity index (χ2v) is 9.95. The van der Waals surface area contributed by atoms with Crippen molar-refractivity contribution in [3.63, 3.8) is 0 Å². The van der Waals surface area contributed by atoms with E-state index in [4.69, 9.17) is 9.47 Å². The van der Waals surface area contributed by atoms with E-state index >= 15 is 0 Å². The predicted octanol–water partition coefficient (Wildman–Crippen LogP) is 4.90. The molecule has 0 aromatic rings. The summed E-state index contributed by atoms with van der Waals surface area (Å²) in [5, 5.41) is 0.